The average Bonchev–Trinajstić information content (AvgIpc) is 3.12. The minimum absolute atomic E-state index is 0.0752. The van der Waals surface area contributed by atoms with Gasteiger partial charge in [0, 0.05) is 12.7 Å². The zero-order chi connectivity index (χ0) is 15.4. The fourth-order valence-electron chi connectivity index (χ4n) is 2.05. The van der Waals surface area contributed by atoms with Crippen LogP contribution in [0, 0.1) is 0 Å². The van der Waals surface area contributed by atoms with Crippen molar-refractivity contribution in [2.45, 2.75) is 35.7 Å². The molecule has 0 aromatic carbocycles. The Morgan fingerprint density at radius 3 is 2.86 bits per heavy atom. The summed E-state index contributed by atoms with van der Waals surface area (Å²) in [6.45, 7) is 4.79. The van der Waals surface area contributed by atoms with Crippen LogP contribution >= 0.6 is 35.1 Å². The Bertz CT molecular complexity index is 601. The topological polar surface area (TPSA) is 59.8 Å². The van der Waals surface area contributed by atoms with E-state index < -0.39 is 0 Å². The first-order chi connectivity index (χ1) is 10.1. The molecule has 0 saturated carbocycles. The van der Waals surface area contributed by atoms with Crippen LogP contribution in [-0.4, -0.2) is 32.6 Å². The van der Waals surface area contributed by atoms with E-state index in [0.717, 1.165) is 21.5 Å². The minimum atomic E-state index is -0.0933. The summed E-state index contributed by atoms with van der Waals surface area (Å²) in [6, 6.07) is 1.84. The maximum Gasteiger partial charge on any atom is 0.256 e. The molecule has 0 saturated heterocycles. The summed E-state index contributed by atoms with van der Waals surface area (Å²) in [5, 5.41) is 8.08. The molecular weight excluding hydrogens is 324 g/mol. The number of nitrogens with one attached hydrogen (secondary N) is 1. The lowest BCUT2D eigenvalue weighted by Gasteiger charge is -2.15. The molecule has 0 bridgehead atoms. The fraction of sp³-hybridized carbons (Fsp3) is 0.462. The van der Waals surface area contributed by atoms with Gasteiger partial charge < -0.3 is 5.32 Å². The zero-order valence-electron chi connectivity index (χ0n) is 12.4. The van der Waals surface area contributed by atoms with Crippen LogP contribution in [0.1, 0.15) is 35.9 Å². The van der Waals surface area contributed by atoms with Crippen molar-refractivity contribution in [3.05, 3.63) is 23.5 Å². The van der Waals surface area contributed by atoms with Gasteiger partial charge in [-0.25, -0.2) is 0 Å². The molecule has 2 heterocycles. The minimum Gasteiger partial charge on any atom is -0.344 e. The highest BCUT2D eigenvalue weighted by Gasteiger charge is 2.22. The molecule has 1 amide bonds. The summed E-state index contributed by atoms with van der Waals surface area (Å²) >= 11 is 4.43. The van der Waals surface area contributed by atoms with Crippen molar-refractivity contribution >= 4 is 41.0 Å². The number of amides is 1. The van der Waals surface area contributed by atoms with Gasteiger partial charge in [0.05, 0.1) is 21.5 Å². The predicted molar refractivity (Wildman–Crippen MR) is 89.5 cm³/mol. The lowest BCUT2D eigenvalue weighted by atomic mass is 10.2. The highest BCUT2D eigenvalue weighted by Crippen LogP contribution is 2.32. The molecule has 114 valence electrons. The summed E-state index contributed by atoms with van der Waals surface area (Å²) < 4.78 is 7.18. The number of aromatic nitrogens is 3. The fourth-order valence-corrected chi connectivity index (χ4v) is 4.33. The quantitative estimate of drug-likeness (QED) is 0.816. The van der Waals surface area contributed by atoms with Crippen molar-refractivity contribution in [3.63, 3.8) is 0 Å². The summed E-state index contributed by atoms with van der Waals surface area (Å²) in [5.74, 6) is -0.0752. The summed E-state index contributed by atoms with van der Waals surface area (Å²) in [7, 11) is 0. The van der Waals surface area contributed by atoms with Gasteiger partial charge in [0.2, 0.25) is 0 Å². The highest BCUT2D eigenvalue weighted by atomic mass is 32.2. The third-order valence-electron chi connectivity index (χ3n) is 3.08. The van der Waals surface area contributed by atoms with E-state index in [9.17, 15) is 4.79 Å². The van der Waals surface area contributed by atoms with Crippen LogP contribution in [0.15, 0.2) is 21.5 Å². The Hall–Kier alpha value is -0.990. The van der Waals surface area contributed by atoms with Crippen molar-refractivity contribution in [1.82, 2.24) is 19.5 Å². The maximum absolute atomic E-state index is 12.6. The van der Waals surface area contributed by atoms with E-state index in [-0.39, 0.29) is 11.9 Å². The molecule has 0 aliphatic rings. The van der Waals surface area contributed by atoms with Gasteiger partial charge in [-0.05, 0) is 44.0 Å². The molecule has 0 aliphatic heterocycles. The number of carbonyl (C=O) groups is 1. The number of aryl methyl sites for hydroxylation is 1. The van der Waals surface area contributed by atoms with E-state index in [1.54, 1.807) is 18.0 Å². The first kappa shape index (κ1) is 16.4. The molecule has 21 heavy (non-hydrogen) atoms. The Morgan fingerprint density at radius 1 is 1.48 bits per heavy atom. The third kappa shape index (κ3) is 3.44. The van der Waals surface area contributed by atoms with E-state index in [1.165, 1.54) is 23.3 Å². The summed E-state index contributed by atoms with van der Waals surface area (Å²) in [4.78, 5) is 12.6. The SMILES string of the molecule is CCn1nccc1C(C)NC(=O)c1c(SC)nsc1SC. The molecule has 1 atom stereocenters. The normalized spacial score (nSPS) is 12.4. The predicted octanol–water partition coefficient (Wildman–Crippen LogP) is 3.29. The van der Waals surface area contributed by atoms with Crippen molar-refractivity contribution in [2.24, 2.45) is 0 Å². The molecule has 0 radical (unpaired) electrons. The van der Waals surface area contributed by atoms with Crippen LogP contribution in [0.4, 0.5) is 0 Å². The first-order valence-electron chi connectivity index (χ1n) is 6.52. The Kier molecular flexibility index (Phi) is 5.72. The Morgan fingerprint density at radius 2 is 2.24 bits per heavy atom. The lowest BCUT2D eigenvalue weighted by molar-refractivity contribution is 0.0932. The van der Waals surface area contributed by atoms with Crippen molar-refractivity contribution in [2.75, 3.05) is 12.5 Å². The molecule has 5 nitrogen and oxygen atoms in total. The van der Waals surface area contributed by atoms with E-state index >= 15 is 0 Å². The summed E-state index contributed by atoms with van der Waals surface area (Å²) in [5.41, 5.74) is 1.69. The third-order valence-corrected chi connectivity index (χ3v) is 5.82. The maximum atomic E-state index is 12.6. The van der Waals surface area contributed by atoms with Crippen LogP contribution in [0.3, 0.4) is 0 Å². The van der Waals surface area contributed by atoms with Gasteiger partial charge in [-0.2, -0.15) is 9.47 Å². The van der Waals surface area contributed by atoms with Crippen LogP contribution in [0.25, 0.3) is 0 Å². The van der Waals surface area contributed by atoms with Crippen LogP contribution < -0.4 is 5.32 Å². The molecule has 2 aromatic rings. The van der Waals surface area contributed by atoms with Crippen LogP contribution in [0.5, 0.6) is 0 Å². The van der Waals surface area contributed by atoms with Crippen LogP contribution in [-0.2, 0) is 6.54 Å². The van der Waals surface area contributed by atoms with Gasteiger partial charge in [-0.1, -0.05) is 0 Å². The van der Waals surface area contributed by atoms with Crippen molar-refractivity contribution < 1.29 is 4.79 Å². The molecule has 1 unspecified atom stereocenters. The largest absolute Gasteiger partial charge is 0.344 e. The van der Waals surface area contributed by atoms with Gasteiger partial charge in [-0.15, -0.1) is 23.5 Å². The second-order valence-corrected chi connectivity index (χ2v) is 6.97. The number of nitrogens with zero attached hydrogens (tertiary/aromatic N) is 3. The van der Waals surface area contributed by atoms with Gasteiger partial charge in [0.1, 0.15) is 5.03 Å². The van der Waals surface area contributed by atoms with E-state index in [2.05, 4.69) is 14.8 Å². The average molecular weight is 343 g/mol. The Balaban J connectivity index is 2.20. The molecule has 0 fully saturated rings. The van der Waals surface area contributed by atoms with E-state index in [1.807, 2.05) is 37.1 Å². The van der Waals surface area contributed by atoms with Crippen LogP contribution in [0.2, 0.25) is 0 Å². The smallest absolute Gasteiger partial charge is 0.256 e. The number of thioether (sulfide) groups is 2. The van der Waals surface area contributed by atoms with Gasteiger partial charge >= 0.3 is 0 Å². The van der Waals surface area contributed by atoms with Gasteiger partial charge in [0.15, 0.2) is 0 Å². The summed E-state index contributed by atoms with van der Waals surface area (Å²) in [6.07, 6.45) is 5.66. The second-order valence-electron chi connectivity index (χ2n) is 4.33. The molecule has 2 rings (SSSR count). The first-order valence-corrected chi connectivity index (χ1v) is 9.74. The standard InChI is InChI=1S/C13H18N4OS3/c1-5-17-9(6-7-14-17)8(2)15-11(18)10-12(19-3)16-21-13(10)20-4/h6-8H,5H2,1-4H3,(H,15,18). The van der Waals surface area contributed by atoms with Crippen molar-refractivity contribution in [3.8, 4) is 0 Å². The van der Waals surface area contributed by atoms with Crippen molar-refractivity contribution in [1.29, 1.82) is 0 Å². The van der Waals surface area contributed by atoms with E-state index in [4.69, 9.17) is 0 Å². The lowest BCUT2D eigenvalue weighted by Crippen LogP contribution is -2.28. The van der Waals surface area contributed by atoms with E-state index in [0.29, 0.717) is 5.56 Å². The van der Waals surface area contributed by atoms with Gasteiger partial charge in [0.25, 0.3) is 5.91 Å². The number of rotatable bonds is 6. The second kappa shape index (κ2) is 7.33. The molecule has 2 aromatic heterocycles. The number of hydrogen-bond acceptors (Lipinski definition) is 6. The highest BCUT2D eigenvalue weighted by molar-refractivity contribution is 8.01. The van der Waals surface area contributed by atoms with Gasteiger partial charge in [-0.3, -0.25) is 9.48 Å². The molecule has 1 N–H and O–H groups in total. The number of hydrogen-bond donors (Lipinski definition) is 1. The zero-order valence-corrected chi connectivity index (χ0v) is 14.9. The Labute approximate surface area is 137 Å². The molecule has 0 aliphatic carbocycles. The molecular formula is C13H18N4OS3. The molecule has 0 spiro atoms. The monoisotopic (exact) mass is 342 g/mol. The number of carbonyl (C=O) groups excluding carboxylic acids is 1. The molecule has 8 heteroatoms.